The minimum absolute atomic E-state index is 0.0766. The molecule has 1 saturated heterocycles. The van der Waals surface area contributed by atoms with Crippen LogP contribution in [0.1, 0.15) is 37.7 Å². The van der Waals surface area contributed by atoms with Crippen molar-refractivity contribution in [2.45, 2.75) is 44.7 Å². The maximum Gasteiger partial charge on any atom is 0.334 e. The number of hydrogen-bond acceptors (Lipinski definition) is 3. The highest BCUT2D eigenvalue weighted by Gasteiger charge is 2.47. The van der Waals surface area contributed by atoms with Gasteiger partial charge in [0.05, 0.1) is 6.54 Å². The molecular formula is C16H17ClN2O3. The maximum atomic E-state index is 12.5. The van der Waals surface area contributed by atoms with E-state index in [1.54, 1.807) is 24.3 Å². The summed E-state index contributed by atoms with van der Waals surface area (Å²) in [6.45, 7) is 0.0766. The Morgan fingerprint density at radius 2 is 1.77 bits per heavy atom. The van der Waals surface area contributed by atoms with Gasteiger partial charge in [0.15, 0.2) is 0 Å². The second kappa shape index (κ2) is 6.08. The highest BCUT2D eigenvalue weighted by Crippen LogP contribution is 2.27. The molecule has 3 rings (SSSR count). The summed E-state index contributed by atoms with van der Waals surface area (Å²) >= 11 is 5.92. The van der Waals surface area contributed by atoms with E-state index in [9.17, 15) is 14.4 Å². The summed E-state index contributed by atoms with van der Waals surface area (Å²) in [6, 6.07) is 6.31. The van der Waals surface area contributed by atoms with Crippen LogP contribution in [0.25, 0.3) is 0 Å². The van der Waals surface area contributed by atoms with Crippen LogP contribution < -0.4 is 0 Å². The zero-order chi connectivity index (χ0) is 15.7. The second-order valence-corrected chi connectivity index (χ2v) is 6.21. The van der Waals surface area contributed by atoms with Crippen molar-refractivity contribution in [2.75, 3.05) is 0 Å². The summed E-state index contributed by atoms with van der Waals surface area (Å²) in [4.78, 5) is 39.0. The van der Waals surface area contributed by atoms with Gasteiger partial charge in [0.1, 0.15) is 0 Å². The first kappa shape index (κ1) is 15.0. The van der Waals surface area contributed by atoms with Gasteiger partial charge in [0.25, 0.3) is 0 Å². The van der Waals surface area contributed by atoms with Crippen molar-refractivity contribution in [3.05, 3.63) is 34.9 Å². The predicted octanol–water partition coefficient (Wildman–Crippen LogP) is 2.96. The van der Waals surface area contributed by atoms with Crippen LogP contribution in [0.4, 0.5) is 4.79 Å². The third-order valence-corrected chi connectivity index (χ3v) is 4.49. The molecule has 0 unspecified atom stereocenters. The molecule has 2 aliphatic rings. The summed E-state index contributed by atoms with van der Waals surface area (Å²) in [7, 11) is 0. The van der Waals surface area contributed by atoms with E-state index in [0.29, 0.717) is 5.02 Å². The van der Waals surface area contributed by atoms with Crippen LogP contribution in [0.5, 0.6) is 0 Å². The van der Waals surface area contributed by atoms with Crippen LogP contribution in [0.3, 0.4) is 0 Å². The minimum atomic E-state index is -0.740. The molecule has 0 spiro atoms. The van der Waals surface area contributed by atoms with E-state index in [1.165, 1.54) is 0 Å². The number of amides is 4. The first-order chi connectivity index (χ1) is 10.6. The van der Waals surface area contributed by atoms with Gasteiger partial charge in [-0.25, -0.2) is 4.79 Å². The summed E-state index contributed by atoms with van der Waals surface area (Å²) in [5.74, 6) is -1.44. The third kappa shape index (κ3) is 2.73. The SMILES string of the molecule is O=C1C(=O)N(C2CCCCC2)C(=O)N1Cc1cccc(Cl)c1. The third-order valence-electron chi connectivity index (χ3n) is 4.25. The lowest BCUT2D eigenvalue weighted by Gasteiger charge is -2.28. The van der Waals surface area contributed by atoms with Crippen LogP contribution in [0.15, 0.2) is 24.3 Å². The van der Waals surface area contributed by atoms with Crippen molar-refractivity contribution in [1.82, 2.24) is 9.80 Å². The molecule has 6 heteroatoms. The highest BCUT2D eigenvalue weighted by molar-refractivity contribution is 6.44. The Morgan fingerprint density at radius 1 is 1.05 bits per heavy atom. The lowest BCUT2D eigenvalue weighted by atomic mass is 9.94. The van der Waals surface area contributed by atoms with E-state index in [0.717, 1.165) is 47.5 Å². The molecule has 0 aromatic heterocycles. The van der Waals surface area contributed by atoms with Crippen molar-refractivity contribution in [1.29, 1.82) is 0 Å². The molecule has 1 aromatic rings. The lowest BCUT2D eigenvalue weighted by Crippen LogP contribution is -2.42. The van der Waals surface area contributed by atoms with Gasteiger partial charge in [-0.15, -0.1) is 0 Å². The van der Waals surface area contributed by atoms with Gasteiger partial charge in [0.2, 0.25) is 0 Å². The molecular weight excluding hydrogens is 304 g/mol. The van der Waals surface area contributed by atoms with E-state index >= 15 is 0 Å². The van der Waals surface area contributed by atoms with Gasteiger partial charge in [0, 0.05) is 11.1 Å². The number of imide groups is 2. The fraction of sp³-hybridized carbons (Fsp3) is 0.438. The Hall–Kier alpha value is -1.88. The molecule has 4 amide bonds. The van der Waals surface area contributed by atoms with Gasteiger partial charge in [-0.3, -0.25) is 19.4 Å². The summed E-state index contributed by atoms with van der Waals surface area (Å²) < 4.78 is 0. The second-order valence-electron chi connectivity index (χ2n) is 5.77. The Kier molecular flexibility index (Phi) is 4.16. The van der Waals surface area contributed by atoms with Crippen molar-refractivity contribution >= 4 is 29.4 Å². The van der Waals surface area contributed by atoms with Crippen LogP contribution in [-0.4, -0.2) is 33.7 Å². The normalized spacial score (nSPS) is 20.1. The molecule has 116 valence electrons. The van der Waals surface area contributed by atoms with Crippen molar-refractivity contribution in [2.24, 2.45) is 0 Å². The molecule has 1 heterocycles. The lowest BCUT2D eigenvalue weighted by molar-refractivity contribution is -0.144. The van der Waals surface area contributed by atoms with Gasteiger partial charge in [-0.05, 0) is 30.5 Å². The maximum absolute atomic E-state index is 12.5. The molecule has 0 radical (unpaired) electrons. The summed E-state index contributed by atoms with van der Waals surface area (Å²) in [6.07, 6.45) is 4.67. The average molecular weight is 321 g/mol. The first-order valence-electron chi connectivity index (χ1n) is 7.51. The molecule has 1 aromatic carbocycles. The molecule has 0 atom stereocenters. The first-order valence-corrected chi connectivity index (χ1v) is 7.89. The fourth-order valence-corrected chi connectivity index (χ4v) is 3.35. The van der Waals surface area contributed by atoms with E-state index in [-0.39, 0.29) is 12.6 Å². The Balaban J connectivity index is 1.79. The molecule has 2 fully saturated rings. The Bertz CT molecular complexity index is 626. The average Bonchev–Trinajstić information content (AvgIpc) is 2.72. The summed E-state index contributed by atoms with van der Waals surface area (Å²) in [5.41, 5.74) is 0.729. The van der Waals surface area contributed by atoms with E-state index in [4.69, 9.17) is 11.6 Å². The van der Waals surface area contributed by atoms with Crippen molar-refractivity contribution < 1.29 is 14.4 Å². The van der Waals surface area contributed by atoms with Crippen molar-refractivity contribution in [3.8, 4) is 0 Å². The molecule has 5 nitrogen and oxygen atoms in total. The van der Waals surface area contributed by atoms with Gasteiger partial charge >= 0.3 is 17.8 Å². The van der Waals surface area contributed by atoms with Crippen LogP contribution in [0.2, 0.25) is 5.02 Å². The number of carbonyl (C=O) groups excluding carboxylic acids is 3. The largest absolute Gasteiger partial charge is 0.334 e. The number of carbonyl (C=O) groups is 3. The Labute approximate surface area is 133 Å². The van der Waals surface area contributed by atoms with Crippen LogP contribution >= 0.6 is 11.6 Å². The molecule has 0 N–H and O–H groups in total. The smallest absolute Gasteiger partial charge is 0.263 e. The number of hydrogen-bond donors (Lipinski definition) is 0. The van der Waals surface area contributed by atoms with E-state index in [1.807, 2.05) is 0 Å². The monoisotopic (exact) mass is 320 g/mol. The molecule has 1 aliphatic heterocycles. The standard InChI is InChI=1S/C16H17ClN2O3/c17-12-6-4-5-11(9-12)10-18-14(20)15(21)19(16(18)22)13-7-2-1-3-8-13/h4-6,9,13H,1-3,7-8,10H2. The zero-order valence-electron chi connectivity index (χ0n) is 12.1. The number of halogens is 1. The van der Waals surface area contributed by atoms with Crippen LogP contribution in [0, 0.1) is 0 Å². The van der Waals surface area contributed by atoms with E-state index in [2.05, 4.69) is 0 Å². The quantitative estimate of drug-likeness (QED) is 0.635. The van der Waals surface area contributed by atoms with Gasteiger partial charge < -0.3 is 0 Å². The number of nitrogens with zero attached hydrogens (tertiary/aromatic N) is 2. The fourth-order valence-electron chi connectivity index (χ4n) is 3.14. The number of urea groups is 1. The summed E-state index contributed by atoms with van der Waals surface area (Å²) in [5, 5.41) is 0.534. The zero-order valence-corrected chi connectivity index (χ0v) is 12.9. The van der Waals surface area contributed by atoms with Gasteiger partial charge in [-0.2, -0.15) is 0 Å². The molecule has 22 heavy (non-hydrogen) atoms. The number of benzene rings is 1. The van der Waals surface area contributed by atoms with E-state index < -0.39 is 17.8 Å². The predicted molar refractivity (Wildman–Crippen MR) is 81.1 cm³/mol. The molecule has 0 bridgehead atoms. The van der Waals surface area contributed by atoms with Crippen molar-refractivity contribution in [3.63, 3.8) is 0 Å². The Morgan fingerprint density at radius 3 is 2.45 bits per heavy atom. The minimum Gasteiger partial charge on any atom is -0.263 e. The molecule has 1 aliphatic carbocycles. The number of rotatable bonds is 3. The molecule has 1 saturated carbocycles. The highest BCUT2D eigenvalue weighted by atomic mass is 35.5. The topological polar surface area (TPSA) is 57.7 Å². The van der Waals surface area contributed by atoms with Crippen LogP contribution in [-0.2, 0) is 16.1 Å². The van der Waals surface area contributed by atoms with Gasteiger partial charge in [-0.1, -0.05) is 43.0 Å².